The molecule has 2 N–H and O–H groups in total. The summed E-state index contributed by atoms with van der Waals surface area (Å²) in [7, 11) is 0. The van der Waals surface area contributed by atoms with Crippen LogP contribution in [0.3, 0.4) is 0 Å². The summed E-state index contributed by atoms with van der Waals surface area (Å²) in [6.45, 7) is 10.4. The van der Waals surface area contributed by atoms with Gasteiger partial charge in [0.25, 0.3) is 5.91 Å². The van der Waals surface area contributed by atoms with E-state index >= 15 is 0 Å². The maximum atomic E-state index is 13.1. The van der Waals surface area contributed by atoms with Crippen LogP contribution in [-0.4, -0.2) is 102 Å². The Labute approximate surface area is 253 Å². The molecular formula is C32H43N3O8. The fourth-order valence-corrected chi connectivity index (χ4v) is 5.19. The predicted molar refractivity (Wildman–Crippen MR) is 161 cm³/mol. The van der Waals surface area contributed by atoms with Crippen molar-refractivity contribution >= 4 is 17.6 Å². The van der Waals surface area contributed by atoms with Gasteiger partial charge in [0.2, 0.25) is 0 Å². The quantitative estimate of drug-likeness (QED) is 0.274. The van der Waals surface area contributed by atoms with E-state index in [2.05, 4.69) is 16.6 Å². The van der Waals surface area contributed by atoms with Gasteiger partial charge >= 0.3 is 5.97 Å². The van der Waals surface area contributed by atoms with Crippen LogP contribution in [0, 0.1) is 0 Å². The topological polar surface area (TPSA) is 130 Å². The van der Waals surface area contributed by atoms with Crippen molar-refractivity contribution in [2.45, 2.75) is 57.7 Å². The van der Waals surface area contributed by atoms with Crippen molar-refractivity contribution in [3.8, 4) is 11.5 Å². The number of piperidine rings is 1. The Hall–Kier alpha value is -3.83. The number of likely N-dealkylation sites (tertiary alicyclic amines) is 1. The number of amides is 1. The molecule has 2 fully saturated rings. The first-order valence-electron chi connectivity index (χ1n) is 15.0. The van der Waals surface area contributed by atoms with E-state index < -0.39 is 17.8 Å². The highest BCUT2D eigenvalue weighted by atomic mass is 16.6. The van der Waals surface area contributed by atoms with Crippen LogP contribution in [-0.2, 0) is 30.3 Å². The SMILES string of the molecule is C=C(CO[C@@H]1/C=C/C[C@@H](C)OC(=O)c2c(O)cc(O)cc2CC(=N/OCC(=O)N2CCCCC2)/C=C/C1)N1CCOCC1. The van der Waals surface area contributed by atoms with Gasteiger partial charge < -0.3 is 39.1 Å². The van der Waals surface area contributed by atoms with E-state index in [0.29, 0.717) is 57.0 Å². The van der Waals surface area contributed by atoms with E-state index in [4.69, 9.17) is 19.0 Å². The van der Waals surface area contributed by atoms with E-state index in [9.17, 15) is 19.8 Å². The number of nitrogens with zero attached hydrogens (tertiary/aromatic N) is 3. The second-order valence-electron chi connectivity index (χ2n) is 11.0. The van der Waals surface area contributed by atoms with Gasteiger partial charge in [-0.3, -0.25) is 4.79 Å². The van der Waals surface area contributed by atoms with Crippen LogP contribution >= 0.6 is 0 Å². The standard InChI is InChI=1S/C32H43N3O8/c1-23(34-14-16-40-17-15-34)21-41-28-10-6-8-24(2)43-32(39)31-25(19-27(36)20-29(31)37)18-26(9-7-11-28)33-42-22-30(38)35-12-4-3-5-13-35/h6-7,9-10,19-20,24,28,36-37H,1,3-5,8,11-18,21-22H2,2H3/b9-7+,10-6+,33-26+/t24-,28-/m1/s1. The third-order valence-corrected chi connectivity index (χ3v) is 7.57. The van der Waals surface area contributed by atoms with E-state index in [1.165, 1.54) is 6.07 Å². The lowest BCUT2D eigenvalue weighted by Gasteiger charge is -2.30. The summed E-state index contributed by atoms with van der Waals surface area (Å²) in [5.41, 5.74) is 1.52. The Balaban J connectivity index is 1.53. The number of phenols is 2. The number of ether oxygens (including phenoxy) is 3. The van der Waals surface area contributed by atoms with Crippen LogP contribution in [0.5, 0.6) is 11.5 Å². The number of carbonyl (C=O) groups is 2. The Morgan fingerprint density at radius 3 is 2.58 bits per heavy atom. The molecule has 0 unspecified atom stereocenters. The normalized spacial score (nSPS) is 24.4. The maximum Gasteiger partial charge on any atom is 0.342 e. The Morgan fingerprint density at radius 1 is 1.05 bits per heavy atom. The first-order valence-corrected chi connectivity index (χ1v) is 15.0. The summed E-state index contributed by atoms with van der Waals surface area (Å²) in [6.07, 6.45) is 10.7. The van der Waals surface area contributed by atoms with Gasteiger partial charge in [-0.2, -0.15) is 0 Å². The fraction of sp³-hybridized carbons (Fsp3) is 0.531. The number of aromatic hydroxyl groups is 2. The number of cyclic esters (lactones) is 1. The number of hydrogen-bond donors (Lipinski definition) is 2. The van der Waals surface area contributed by atoms with Gasteiger partial charge in [-0.05, 0) is 50.3 Å². The lowest BCUT2D eigenvalue weighted by Crippen LogP contribution is -2.37. The monoisotopic (exact) mass is 597 g/mol. The molecule has 1 aromatic rings. The average Bonchev–Trinajstić information content (AvgIpc) is 2.99. The molecule has 0 aromatic heterocycles. The zero-order valence-corrected chi connectivity index (χ0v) is 24.9. The molecule has 1 amide bonds. The fourth-order valence-electron chi connectivity index (χ4n) is 5.19. The second-order valence-corrected chi connectivity index (χ2v) is 11.0. The van der Waals surface area contributed by atoms with Crippen LogP contribution in [0.25, 0.3) is 0 Å². The summed E-state index contributed by atoms with van der Waals surface area (Å²) < 4.78 is 17.3. The number of phenolic OH excluding ortho intramolecular Hbond substituents is 2. The lowest BCUT2D eigenvalue weighted by atomic mass is 9.99. The Kier molecular flexibility index (Phi) is 12.0. The Bertz CT molecular complexity index is 1220. The molecule has 11 heteroatoms. The first-order chi connectivity index (χ1) is 20.8. The van der Waals surface area contributed by atoms with Gasteiger partial charge in [0.15, 0.2) is 6.61 Å². The summed E-state index contributed by atoms with van der Waals surface area (Å²) in [6, 6.07) is 2.49. The molecular weight excluding hydrogens is 554 g/mol. The number of esters is 1. The van der Waals surface area contributed by atoms with Crippen LogP contribution in [0.15, 0.2) is 53.9 Å². The van der Waals surface area contributed by atoms with E-state index in [1.807, 2.05) is 18.2 Å². The molecule has 0 saturated carbocycles. The molecule has 0 bridgehead atoms. The van der Waals surface area contributed by atoms with Gasteiger partial charge in [-0.25, -0.2) is 4.79 Å². The highest BCUT2D eigenvalue weighted by molar-refractivity contribution is 6.00. The molecule has 11 nitrogen and oxygen atoms in total. The Morgan fingerprint density at radius 2 is 1.81 bits per heavy atom. The van der Waals surface area contributed by atoms with Gasteiger partial charge in [-0.15, -0.1) is 0 Å². The zero-order chi connectivity index (χ0) is 30.6. The summed E-state index contributed by atoms with van der Waals surface area (Å²) >= 11 is 0. The molecule has 2 atom stereocenters. The minimum Gasteiger partial charge on any atom is -0.508 e. The third-order valence-electron chi connectivity index (χ3n) is 7.57. The zero-order valence-electron chi connectivity index (χ0n) is 24.9. The second kappa shape index (κ2) is 16.1. The van der Waals surface area contributed by atoms with Gasteiger partial charge in [0, 0.05) is 50.8 Å². The number of benzene rings is 1. The molecule has 3 aliphatic heterocycles. The third kappa shape index (κ3) is 9.86. The van der Waals surface area contributed by atoms with Crippen LogP contribution in [0.1, 0.15) is 54.9 Å². The van der Waals surface area contributed by atoms with Crippen LogP contribution in [0.4, 0.5) is 0 Å². The summed E-state index contributed by atoms with van der Waals surface area (Å²) in [5, 5.41) is 25.0. The van der Waals surface area contributed by atoms with Crippen molar-refractivity contribution in [1.82, 2.24) is 9.80 Å². The van der Waals surface area contributed by atoms with Crippen molar-refractivity contribution in [1.29, 1.82) is 0 Å². The molecule has 0 spiro atoms. The number of fused-ring (bicyclic) bond motifs is 1. The van der Waals surface area contributed by atoms with Gasteiger partial charge in [0.05, 0.1) is 31.6 Å². The highest BCUT2D eigenvalue weighted by Gasteiger charge is 2.23. The molecule has 2 saturated heterocycles. The van der Waals surface area contributed by atoms with Crippen LogP contribution in [0.2, 0.25) is 0 Å². The molecule has 3 heterocycles. The molecule has 0 radical (unpaired) electrons. The molecule has 43 heavy (non-hydrogen) atoms. The van der Waals surface area contributed by atoms with Crippen molar-refractivity contribution < 1.29 is 38.9 Å². The van der Waals surface area contributed by atoms with E-state index in [-0.39, 0.29) is 36.4 Å². The smallest absolute Gasteiger partial charge is 0.342 e. The minimum atomic E-state index is -0.718. The molecule has 234 valence electrons. The number of morpholine rings is 1. The van der Waals surface area contributed by atoms with Gasteiger partial charge in [0.1, 0.15) is 23.2 Å². The first kappa shape index (κ1) is 32.1. The van der Waals surface area contributed by atoms with Crippen LogP contribution < -0.4 is 0 Å². The van der Waals surface area contributed by atoms with Crippen molar-refractivity contribution in [2.24, 2.45) is 5.16 Å². The number of rotatable bonds is 7. The number of carbonyl (C=O) groups excluding carboxylic acids is 2. The summed E-state index contributed by atoms with van der Waals surface area (Å²) in [4.78, 5) is 35.1. The highest BCUT2D eigenvalue weighted by Crippen LogP contribution is 2.29. The number of oxime groups is 1. The van der Waals surface area contributed by atoms with E-state index in [0.717, 1.165) is 44.1 Å². The van der Waals surface area contributed by atoms with E-state index in [1.54, 1.807) is 17.9 Å². The van der Waals surface area contributed by atoms with Crippen molar-refractivity contribution in [3.63, 3.8) is 0 Å². The maximum absolute atomic E-state index is 13.1. The van der Waals surface area contributed by atoms with Crippen molar-refractivity contribution in [2.75, 3.05) is 52.6 Å². The molecule has 1 aromatic carbocycles. The molecule has 4 rings (SSSR count). The molecule has 3 aliphatic rings. The average molecular weight is 598 g/mol. The minimum absolute atomic E-state index is 0.0321. The van der Waals surface area contributed by atoms with Gasteiger partial charge in [-0.1, -0.05) is 30.0 Å². The largest absolute Gasteiger partial charge is 0.508 e. The predicted octanol–water partition coefficient (Wildman–Crippen LogP) is 3.71. The molecule has 0 aliphatic carbocycles. The summed E-state index contributed by atoms with van der Waals surface area (Å²) in [5.74, 6) is -1.46. The number of hydrogen-bond acceptors (Lipinski definition) is 10. The lowest BCUT2D eigenvalue weighted by molar-refractivity contribution is -0.137. The number of allylic oxidation sites excluding steroid dienone is 1. The van der Waals surface area contributed by atoms with Crippen molar-refractivity contribution in [3.05, 3.63) is 59.8 Å².